The summed E-state index contributed by atoms with van der Waals surface area (Å²) in [5, 5.41) is 0. The van der Waals surface area contributed by atoms with Gasteiger partial charge in [0.05, 0.1) is 16.7 Å². The van der Waals surface area contributed by atoms with Crippen LogP contribution in [0, 0.1) is 0 Å². The van der Waals surface area contributed by atoms with Gasteiger partial charge in [0.1, 0.15) is 0 Å². The Balaban J connectivity index is 0.000000548. The van der Waals surface area contributed by atoms with E-state index < -0.39 is 7.25 Å². The Labute approximate surface area is 188 Å². The molecule has 31 heavy (non-hydrogen) atoms. The zero-order valence-electron chi connectivity index (χ0n) is 18.3. The molecular formula is C21H24BBrF4N4. The first-order valence-electron chi connectivity index (χ1n) is 10.0. The Kier molecular flexibility index (Phi) is 7.43. The molecule has 4 rings (SSSR count). The van der Waals surface area contributed by atoms with Crippen molar-refractivity contribution in [2.45, 2.75) is 20.4 Å². The Bertz CT molecular complexity index is 1150. The molecule has 0 amide bonds. The highest BCUT2D eigenvalue weighted by Crippen LogP contribution is 2.27. The minimum atomic E-state index is -6.00. The topological polar surface area (TPSA) is 25.5 Å². The van der Waals surface area contributed by atoms with Gasteiger partial charge in [-0.1, -0.05) is 54.0 Å². The zero-order valence-corrected chi connectivity index (χ0v) is 18.9. The van der Waals surface area contributed by atoms with E-state index in [2.05, 4.69) is 92.3 Å². The van der Waals surface area contributed by atoms with Crippen LogP contribution in [0.3, 0.4) is 0 Å². The van der Waals surface area contributed by atoms with Crippen molar-refractivity contribution in [3.05, 3.63) is 59.2 Å². The summed E-state index contributed by atoms with van der Waals surface area (Å²) >= 11 is 3.56. The van der Waals surface area contributed by atoms with E-state index in [0.29, 0.717) is 0 Å². The number of rotatable bonds is 6. The van der Waals surface area contributed by atoms with Crippen LogP contribution in [0.4, 0.5) is 17.3 Å². The first-order chi connectivity index (χ1) is 14.7. The highest BCUT2D eigenvalue weighted by Gasteiger charge is 2.20. The molecule has 0 N–H and O–H groups in total. The van der Waals surface area contributed by atoms with E-state index in [4.69, 9.17) is 4.98 Å². The molecule has 0 atom stereocenters. The van der Waals surface area contributed by atoms with E-state index in [1.807, 2.05) is 6.07 Å². The van der Waals surface area contributed by atoms with E-state index in [0.717, 1.165) is 47.7 Å². The molecule has 0 saturated carbocycles. The van der Waals surface area contributed by atoms with Crippen molar-refractivity contribution in [3.8, 4) is 11.3 Å². The predicted molar refractivity (Wildman–Crippen MR) is 123 cm³/mol. The normalized spacial score (nSPS) is 11.9. The second-order valence-electron chi connectivity index (χ2n) is 6.97. The van der Waals surface area contributed by atoms with Crippen LogP contribution in [0.2, 0.25) is 0 Å². The fraction of sp³-hybridized carbons (Fsp3) is 0.286. The third-order valence-electron chi connectivity index (χ3n) is 5.02. The molecule has 2 heterocycles. The quantitative estimate of drug-likeness (QED) is 0.225. The van der Waals surface area contributed by atoms with Crippen molar-refractivity contribution in [2.24, 2.45) is 0 Å². The van der Waals surface area contributed by atoms with E-state index in [1.54, 1.807) is 0 Å². The maximum Gasteiger partial charge on any atom is 1.00 e. The third-order valence-corrected chi connectivity index (χ3v) is 5.51. The van der Waals surface area contributed by atoms with Crippen LogP contribution < -0.4 is 0 Å². The molecule has 4 aromatic rings. The predicted octanol–water partition coefficient (Wildman–Crippen LogP) is 6.47. The van der Waals surface area contributed by atoms with Crippen LogP contribution in [-0.4, -0.2) is 45.7 Å². The number of hydrogen-bond donors (Lipinski definition) is 0. The van der Waals surface area contributed by atoms with Gasteiger partial charge in [-0.3, -0.25) is 4.40 Å². The van der Waals surface area contributed by atoms with Gasteiger partial charge < -0.3 is 26.7 Å². The summed E-state index contributed by atoms with van der Waals surface area (Å²) < 4.78 is 44.6. The molecule has 10 heteroatoms. The smallest absolute Gasteiger partial charge is 0.418 e. The summed E-state index contributed by atoms with van der Waals surface area (Å²) in [4.78, 5) is 7.43. The van der Waals surface area contributed by atoms with Crippen LogP contribution in [0.1, 0.15) is 15.3 Å². The highest BCUT2D eigenvalue weighted by atomic mass is 79.9. The largest absolute Gasteiger partial charge is 1.00 e. The number of halogens is 5. The summed E-state index contributed by atoms with van der Waals surface area (Å²) in [5.74, 6) is 1.01. The Morgan fingerprint density at radius 1 is 1.00 bits per heavy atom. The molecule has 2 aromatic heterocycles. The summed E-state index contributed by atoms with van der Waals surface area (Å²) in [5.41, 5.74) is 4.57. The van der Waals surface area contributed by atoms with Gasteiger partial charge in [-0.2, -0.15) is 0 Å². The molecule has 4 nitrogen and oxygen atoms in total. The molecule has 0 aliphatic heterocycles. The molecular weight excluding hydrogens is 475 g/mol. The number of fused-ring (bicyclic) bond motifs is 3. The number of benzene rings is 2. The van der Waals surface area contributed by atoms with Gasteiger partial charge in [-0.25, -0.2) is 4.98 Å². The van der Waals surface area contributed by atoms with Gasteiger partial charge in [0.25, 0.3) is 0 Å². The van der Waals surface area contributed by atoms with Crippen molar-refractivity contribution in [1.82, 2.24) is 18.9 Å². The molecule has 0 bridgehead atoms. The average Bonchev–Trinajstić information content (AvgIpc) is 3.26. The van der Waals surface area contributed by atoms with Crippen LogP contribution >= 0.6 is 15.9 Å². The lowest BCUT2D eigenvalue weighted by molar-refractivity contribution is 0.293. The Morgan fingerprint density at radius 3 is 2.26 bits per heavy atom. The number of imidazole rings is 2. The fourth-order valence-electron chi connectivity index (χ4n) is 3.53. The lowest BCUT2D eigenvalue weighted by Gasteiger charge is -2.18. The maximum atomic E-state index is 9.75. The van der Waals surface area contributed by atoms with Crippen LogP contribution in [-0.2, 0) is 6.54 Å². The zero-order chi connectivity index (χ0) is 22.6. The van der Waals surface area contributed by atoms with Crippen molar-refractivity contribution in [1.29, 1.82) is 0 Å². The Morgan fingerprint density at radius 2 is 1.65 bits per heavy atom. The fourth-order valence-corrected chi connectivity index (χ4v) is 3.93. The molecule has 0 saturated heterocycles. The lowest BCUT2D eigenvalue weighted by atomic mass is 10.2. The number of hydrogen-bond acceptors (Lipinski definition) is 2. The number of aromatic nitrogens is 3. The molecule has 2 aromatic carbocycles. The van der Waals surface area contributed by atoms with Crippen LogP contribution in [0.15, 0.2) is 59.2 Å². The molecule has 0 radical (unpaired) electrons. The van der Waals surface area contributed by atoms with E-state index >= 15 is 0 Å². The standard InChI is InChI=1S/C21H23BrN4.BF4/c1-3-24(4-2)12-13-25-19-10-5-6-11-20(19)26-15-18(23-21(25)26)16-8-7-9-17(22)14-16;2-1(3,4)5/h5-11,14-15H,3-4,12-13H2,1-2H3;/q;-1/p+1. The van der Waals surface area contributed by atoms with E-state index in [-0.39, 0.29) is 1.43 Å². The van der Waals surface area contributed by atoms with Crippen LogP contribution in [0.5, 0.6) is 0 Å². The molecule has 0 unspecified atom stereocenters. The van der Waals surface area contributed by atoms with Crippen molar-refractivity contribution in [3.63, 3.8) is 0 Å². The maximum absolute atomic E-state index is 9.75. The molecule has 166 valence electrons. The van der Waals surface area contributed by atoms with E-state index in [9.17, 15) is 17.3 Å². The molecule has 0 aliphatic carbocycles. The van der Waals surface area contributed by atoms with Crippen molar-refractivity contribution < 1.29 is 18.7 Å². The summed E-state index contributed by atoms with van der Waals surface area (Å²) in [7, 11) is -6.00. The number of nitrogens with zero attached hydrogens (tertiary/aromatic N) is 4. The average molecular weight is 499 g/mol. The van der Waals surface area contributed by atoms with Gasteiger partial charge >= 0.3 is 8.68 Å². The third kappa shape index (κ3) is 5.89. The SMILES string of the molecule is CCN(CC)CCn1c2ccccc2n2cc(-c3cccc(Br)c3)nc12.F[B-](F)(F)F.[H+]. The van der Waals surface area contributed by atoms with Gasteiger partial charge in [0, 0.05) is 29.3 Å². The monoisotopic (exact) mass is 498 g/mol. The second kappa shape index (κ2) is 9.87. The molecule has 0 spiro atoms. The minimum Gasteiger partial charge on any atom is -0.418 e. The highest BCUT2D eigenvalue weighted by molar-refractivity contribution is 9.10. The first kappa shape index (κ1) is 23.3. The van der Waals surface area contributed by atoms with Gasteiger partial charge in [-0.05, 0) is 37.4 Å². The minimum absolute atomic E-state index is 0. The van der Waals surface area contributed by atoms with Gasteiger partial charge in [0.15, 0.2) is 0 Å². The van der Waals surface area contributed by atoms with E-state index in [1.165, 1.54) is 11.0 Å². The Hall–Kier alpha value is -2.33. The van der Waals surface area contributed by atoms with Gasteiger partial charge in [0.2, 0.25) is 5.78 Å². The summed E-state index contributed by atoms with van der Waals surface area (Å²) in [6.07, 6.45) is 2.15. The number of likely N-dealkylation sites (N-methyl/N-ethyl adjacent to an activating group) is 1. The van der Waals surface area contributed by atoms with Gasteiger partial charge in [-0.15, -0.1) is 0 Å². The van der Waals surface area contributed by atoms with Crippen LogP contribution in [0.25, 0.3) is 28.1 Å². The summed E-state index contributed by atoms with van der Waals surface area (Å²) in [6, 6.07) is 16.9. The second-order valence-corrected chi connectivity index (χ2v) is 7.88. The molecule has 0 aliphatic rings. The van der Waals surface area contributed by atoms with Crippen molar-refractivity contribution >= 4 is 40.0 Å². The summed E-state index contributed by atoms with van der Waals surface area (Å²) in [6.45, 7) is 8.54. The van der Waals surface area contributed by atoms with Crippen molar-refractivity contribution in [2.75, 3.05) is 19.6 Å². The first-order valence-corrected chi connectivity index (χ1v) is 10.8. The number of para-hydroxylation sites is 2. The lowest BCUT2D eigenvalue weighted by Crippen LogP contribution is -2.27. The molecule has 0 fully saturated rings.